The van der Waals surface area contributed by atoms with Crippen LogP contribution in [-0.4, -0.2) is 61.5 Å². The van der Waals surface area contributed by atoms with E-state index in [1.807, 2.05) is 24.3 Å². The average molecular weight is 620 g/mol. The highest BCUT2D eigenvalue weighted by Crippen LogP contribution is 2.36. The summed E-state index contributed by atoms with van der Waals surface area (Å²) < 4.78 is 62.5. The summed E-state index contributed by atoms with van der Waals surface area (Å²) in [5.74, 6) is 6.06. The van der Waals surface area contributed by atoms with Gasteiger partial charge >= 0.3 is 12.1 Å². The first kappa shape index (κ1) is 31.7. The molecule has 45 heavy (non-hydrogen) atoms. The van der Waals surface area contributed by atoms with Gasteiger partial charge in [0, 0.05) is 18.7 Å². The van der Waals surface area contributed by atoms with Crippen molar-refractivity contribution in [2.45, 2.75) is 25.6 Å². The van der Waals surface area contributed by atoms with Crippen LogP contribution in [0, 0.1) is 11.8 Å². The molecule has 1 unspecified atom stereocenters. The SMILES string of the molecule is CCC(Oc1ccc(OC/C=C(\c2ccc(C#CCN3CCOCC3)cc2)c2ccc(C(F)(F)F)cc2)c2occc12)C(=O)O. The van der Waals surface area contributed by atoms with E-state index >= 15 is 0 Å². The van der Waals surface area contributed by atoms with Gasteiger partial charge in [-0.15, -0.1) is 0 Å². The van der Waals surface area contributed by atoms with E-state index in [4.69, 9.17) is 18.6 Å². The van der Waals surface area contributed by atoms with E-state index in [1.54, 1.807) is 31.2 Å². The summed E-state index contributed by atoms with van der Waals surface area (Å²) in [5, 5.41) is 9.94. The first-order valence-electron chi connectivity index (χ1n) is 14.5. The molecule has 234 valence electrons. The molecule has 3 aromatic carbocycles. The zero-order valence-corrected chi connectivity index (χ0v) is 24.6. The van der Waals surface area contributed by atoms with Crippen molar-refractivity contribution in [1.82, 2.24) is 4.90 Å². The Morgan fingerprint density at radius 3 is 2.31 bits per heavy atom. The van der Waals surface area contributed by atoms with Crippen molar-refractivity contribution in [2.24, 2.45) is 0 Å². The Morgan fingerprint density at radius 2 is 1.67 bits per heavy atom. The Labute approximate surface area is 258 Å². The Bertz CT molecular complexity index is 1690. The number of aliphatic carboxylic acids is 1. The maximum Gasteiger partial charge on any atom is 0.416 e. The molecule has 0 amide bonds. The van der Waals surface area contributed by atoms with Crippen molar-refractivity contribution >= 4 is 22.5 Å². The number of hydrogen-bond donors (Lipinski definition) is 1. The van der Waals surface area contributed by atoms with Crippen LogP contribution in [0.2, 0.25) is 0 Å². The van der Waals surface area contributed by atoms with Gasteiger partial charge in [-0.1, -0.05) is 43.0 Å². The fourth-order valence-electron chi connectivity index (χ4n) is 4.89. The number of carboxylic acid groups (broad SMARTS) is 1. The second-order valence-corrected chi connectivity index (χ2v) is 10.3. The van der Waals surface area contributed by atoms with E-state index in [2.05, 4.69) is 16.7 Å². The van der Waals surface area contributed by atoms with Gasteiger partial charge in [0.1, 0.15) is 12.4 Å². The van der Waals surface area contributed by atoms with Gasteiger partial charge in [0.15, 0.2) is 17.4 Å². The number of halogens is 3. The molecule has 1 N–H and O–H groups in total. The maximum atomic E-state index is 13.3. The molecule has 4 aromatic rings. The molecule has 1 aliphatic rings. The first-order chi connectivity index (χ1) is 21.7. The monoisotopic (exact) mass is 619 g/mol. The quantitative estimate of drug-likeness (QED) is 0.194. The zero-order valence-electron chi connectivity index (χ0n) is 24.6. The lowest BCUT2D eigenvalue weighted by Crippen LogP contribution is -2.36. The highest BCUT2D eigenvalue weighted by molar-refractivity contribution is 5.89. The average Bonchev–Trinajstić information content (AvgIpc) is 3.54. The number of hydrogen-bond acceptors (Lipinski definition) is 6. The van der Waals surface area contributed by atoms with Crippen LogP contribution in [0.15, 0.2) is 83.5 Å². The summed E-state index contributed by atoms with van der Waals surface area (Å²) in [6.45, 7) is 5.55. The minimum Gasteiger partial charge on any atom is -0.486 e. The third-order valence-electron chi connectivity index (χ3n) is 7.34. The molecule has 1 aromatic heterocycles. The summed E-state index contributed by atoms with van der Waals surface area (Å²) in [5.41, 5.74) is 2.53. The largest absolute Gasteiger partial charge is 0.486 e. The molecule has 1 saturated heterocycles. The Kier molecular flexibility index (Phi) is 10.1. The highest BCUT2D eigenvalue weighted by Gasteiger charge is 2.30. The predicted molar refractivity (Wildman–Crippen MR) is 163 cm³/mol. The lowest BCUT2D eigenvalue weighted by Gasteiger charge is -2.24. The van der Waals surface area contributed by atoms with Crippen LogP contribution >= 0.6 is 0 Å². The second kappa shape index (κ2) is 14.4. The van der Waals surface area contributed by atoms with Gasteiger partial charge in [0.25, 0.3) is 0 Å². The molecule has 7 nitrogen and oxygen atoms in total. The van der Waals surface area contributed by atoms with Crippen LogP contribution in [0.25, 0.3) is 16.5 Å². The zero-order chi connectivity index (χ0) is 31.8. The van der Waals surface area contributed by atoms with Gasteiger partial charge < -0.3 is 23.7 Å². The van der Waals surface area contributed by atoms with Crippen LogP contribution in [0.3, 0.4) is 0 Å². The highest BCUT2D eigenvalue weighted by atomic mass is 19.4. The standard InChI is InChI=1S/C35H32F3NO6/c1-2-30(34(40)41)45-31-13-14-32(33-29(31)16-21-44-33)43-20-15-28(26-9-11-27(12-10-26)35(36,37)38)25-7-5-24(6-8-25)4-3-17-39-18-22-42-23-19-39/h5-16,21,30H,2,17-20,22-23H2,1H3,(H,40,41)/b28-15+. The van der Waals surface area contributed by atoms with Crippen molar-refractivity contribution in [1.29, 1.82) is 0 Å². The van der Waals surface area contributed by atoms with Crippen LogP contribution in [0.1, 0.15) is 35.6 Å². The van der Waals surface area contributed by atoms with Gasteiger partial charge in [0.2, 0.25) is 0 Å². The molecule has 1 aliphatic heterocycles. The normalized spacial score (nSPS) is 14.9. The number of fused-ring (bicyclic) bond motifs is 1. The van der Waals surface area contributed by atoms with E-state index < -0.39 is 23.8 Å². The number of carboxylic acids is 1. The van der Waals surface area contributed by atoms with E-state index in [0.29, 0.717) is 53.4 Å². The van der Waals surface area contributed by atoms with Gasteiger partial charge in [-0.05, 0) is 71.7 Å². The third kappa shape index (κ3) is 8.06. The lowest BCUT2D eigenvalue weighted by molar-refractivity contribution is -0.145. The minimum absolute atomic E-state index is 0.0696. The van der Waals surface area contributed by atoms with Crippen molar-refractivity contribution in [3.05, 3.63) is 101 Å². The number of rotatable bonds is 10. The van der Waals surface area contributed by atoms with Crippen molar-refractivity contribution in [3.63, 3.8) is 0 Å². The molecule has 0 spiro atoms. The molecule has 0 bridgehead atoms. The Hall–Kier alpha value is -4.72. The molecule has 1 atom stereocenters. The fourth-order valence-corrected chi connectivity index (χ4v) is 4.89. The number of morpholine rings is 1. The molecule has 0 aliphatic carbocycles. The molecular weight excluding hydrogens is 587 g/mol. The third-order valence-corrected chi connectivity index (χ3v) is 7.34. The summed E-state index contributed by atoms with van der Waals surface area (Å²) in [7, 11) is 0. The Morgan fingerprint density at radius 1 is 1.00 bits per heavy atom. The van der Waals surface area contributed by atoms with E-state index in [1.165, 1.54) is 18.4 Å². The maximum absolute atomic E-state index is 13.3. The molecule has 2 heterocycles. The molecule has 1 fully saturated rings. The molecule has 5 rings (SSSR count). The van der Waals surface area contributed by atoms with E-state index in [0.717, 1.165) is 36.3 Å². The topological polar surface area (TPSA) is 81.4 Å². The van der Waals surface area contributed by atoms with Crippen molar-refractivity contribution < 1.29 is 41.7 Å². The molecule has 10 heteroatoms. The Balaban J connectivity index is 1.37. The molecular formula is C35H32F3NO6. The summed E-state index contributed by atoms with van der Waals surface area (Å²) in [6, 6.07) is 17.4. The van der Waals surface area contributed by atoms with E-state index in [-0.39, 0.29) is 13.0 Å². The fraction of sp³-hybridized carbons (Fsp3) is 0.286. The van der Waals surface area contributed by atoms with Gasteiger partial charge in [0.05, 0.1) is 37.0 Å². The van der Waals surface area contributed by atoms with Crippen molar-refractivity contribution in [3.8, 4) is 23.3 Å². The summed E-state index contributed by atoms with van der Waals surface area (Å²) in [4.78, 5) is 13.7. The van der Waals surface area contributed by atoms with Crippen LogP contribution in [0.5, 0.6) is 11.5 Å². The van der Waals surface area contributed by atoms with Gasteiger partial charge in [-0.3, -0.25) is 4.90 Å². The number of nitrogens with zero attached hydrogens (tertiary/aromatic N) is 1. The minimum atomic E-state index is -4.45. The lowest BCUT2D eigenvalue weighted by atomic mass is 9.96. The smallest absolute Gasteiger partial charge is 0.416 e. The second-order valence-electron chi connectivity index (χ2n) is 10.3. The van der Waals surface area contributed by atoms with Crippen molar-refractivity contribution in [2.75, 3.05) is 39.5 Å². The number of furan rings is 1. The number of alkyl halides is 3. The predicted octanol–water partition coefficient (Wildman–Crippen LogP) is 6.89. The van der Waals surface area contributed by atoms with Crippen LogP contribution in [-0.2, 0) is 15.7 Å². The van der Waals surface area contributed by atoms with Gasteiger partial charge in [-0.2, -0.15) is 13.2 Å². The summed E-state index contributed by atoms with van der Waals surface area (Å²) in [6.07, 6.45) is -1.92. The molecule has 0 saturated carbocycles. The van der Waals surface area contributed by atoms with E-state index in [9.17, 15) is 23.1 Å². The number of benzene rings is 3. The van der Waals surface area contributed by atoms with Crippen LogP contribution in [0.4, 0.5) is 13.2 Å². The van der Waals surface area contributed by atoms with Crippen LogP contribution < -0.4 is 9.47 Å². The molecule has 0 radical (unpaired) electrons. The number of carbonyl (C=O) groups is 1. The summed E-state index contributed by atoms with van der Waals surface area (Å²) >= 11 is 0. The van der Waals surface area contributed by atoms with Gasteiger partial charge in [-0.25, -0.2) is 4.79 Å². The first-order valence-corrected chi connectivity index (χ1v) is 14.5. The number of ether oxygens (including phenoxy) is 3.